The van der Waals surface area contributed by atoms with E-state index in [1.54, 1.807) is 24.3 Å². The minimum Gasteiger partial charge on any atom is -0.457 e. The Labute approximate surface area is 98.9 Å². The Balaban J connectivity index is 2.16. The summed E-state index contributed by atoms with van der Waals surface area (Å²) < 4.78 is 18.2. The van der Waals surface area contributed by atoms with Crippen molar-refractivity contribution in [3.05, 3.63) is 59.9 Å². The molecule has 84 valence electrons. The molecular formula is C14H10FNO. The smallest absolute Gasteiger partial charge is 0.127 e. The van der Waals surface area contributed by atoms with E-state index in [0.717, 1.165) is 5.56 Å². The molecule has 0 N–H and O–H groups in total. The quantitative estimate of drug-likeness (QED) is 0.801. The SMILES string of the molecule is N#CCc1cccc(Oc2ccc(F)cc2)c1. The monoisotopic (exact) mass is 227 g/mol. The van der Waals surface area contributed by atoms with Crippen LogP contribution < -0.4 is 4.74 Å². The summed E-state index contributed by atoms with van der Waals surface area (Å²) in [5, 5.41) is 8.60. The van der Waals surface area contributed by atoms with Crippen LogP contribution in [0.3, 0.4) is 0 Å². The van der Waals surface area contributed by atoms with Gasteiger partial charge in [0.15, 0.2) is 0 Å². The zero-order valence-electron chi connectivity index (χ0n) is 9.06. The molecule has 2 aromatic rings. The first-order valence-corrected chi connectivity index (χ1v) is 5.17. The van der Waals surface area contributed by atoms with Crippen LogP contribution in [-0.4, -0.2) is 0 Å². The van der Waals surface area contributed by atoms with Gasteiger partial charge >= 0.3 is 0 Å². The highest BCUT2D eigenvalue weighted by atomic mass is 19.1. The van der Waals surface area contributed by atoms with Crippen LogP contribution in [0.25, 0.3) is 0 Å². The molecule has 17 heavy (non-hydrogen) atoms. The summed E-state index contributed by atoms with van der Waals surface area (Å²) in [6.07, 6.45) is 0.348. The van der Waals surface area contributed by atoms with Crippen molar-refractivity contribution in [2.24, 2.45) is 0 Å². The number of hydrogen-bond donors (Lipinski definition) is 0. The molecule has 0 saturated heterocycles. The topological polar surface area (TPSA) is 33.0 Å². The minimum absolute atomic E-state index is 0.296. The average Bonchev–Trinajstić information content (AvgIpc) is 2.33. The molecule has 3 heteroatoms. The molecule has 2 rings (SSSR count). The number of ether oxygens (including phenoxy) is 1. The zero-order chi connectivity index (χ0) is 12.1. The highest BCUT2D eigenvalue weighted by Gasteiger charge is 1.99. The van der Waals surface area contributed by atoms with E-state index < -0.39 is 0 Å². The molecule has 0 bridgehead atoms. The first-order chi connectivity index (χ1) is 8.28. The summed E-state index contributed by atoms with van der Waals surface area (Å²) in [7, 11) is 0. The van der Waals surface area contributed by atoms with Crippen LogP contribution in [0.15, 0.2) is 48.5 Å². The lowest BCUT2D eigenvalue weighted by Crippen LogP contribution is -1.87. The van der Waals surface area contributed by atoms with Crippen molar-refractivity contribution in [3.8, 4) is 17.6 Å². The van der Waals surface area contributed by atoms with Gasteiger partial charge in [-0.2, -0.15) is 5.26 Å². The normalized spacial score (nSPS) is 9.65. The Bertz CT molecular complexity index is 543. The third-order valence-corrected chi connectivity index (χ3v) is 2.23. The first-order valence-electron chi connectivity index (χ1n) is 5.17. The molecule has 0 fully saturated rings. The van der Waals surface area contributed by atoms with E-state index in [4.69, 9.17) is 10.00 Å². The second kappa shape index (κ2) is 5.13. The van der Waals surface area contributed by atoms with Crippen molar-refractivity contribution in [2.75, 3.05) is 0 Å². The summed E-state index contributed by atoms with van der Waals surface area (Å²) in [4.78, 5) is 0. The number of hydrogen-bond acceptors (Lipinski definition) is 2. The number of nitrogens with zero attached hydrogens (tertiary/aromatic N) is 1. The van der Waals surface area contributed by atoms with E-state index in [1.165, 1.54) is 12.1 Å². The van der Waals surface area contributed by atoms with Gasteiger partial charge in [0, 0.05) is 0 Å². The molecule has 0 unspecified atom stereocenters. The summed E-state index contributed by atoms with van der Waals surface area (Å²) in [5.74, 6) is 0.917. The molecule has 0 aliphatic rings. The van der Waals surface area contributed by atoms with E-state index in [9.17, 15) is 4.39 Å². The van der Waals surface area contributed by atoms with Gasteiger partial charge in [0.1, 0.15) is 17.3 Å². The van der Waals surface area contributed by atoms with Gasteiger partial charge < -0.3 is 4.74 Å². The number of rotatable bonds is 3. The number of halogens is 1. The Morgan fingerprint density at radius 2 is 1.82 bits per heavy atom. The van der Waals surface area contributed by atoms with E-state index in [-0.39, 0.29) is 5.82 Å². The maximum atomic E-state index is 12.7. The standard InChI is InChI=1S/C14H10FNO/c15-12-4-6-13(7-5-12)17-14-3-1-2-11(10-14)8-9-16/h1-7,10H,8H2. The summed E-state index contributed by atoms with van der Waals surface area (Å²) >= 11 is 0. The molecule has 0 aliphatic heterocycles. The van der Waals surface area contributed by atoms with Gasteiger partial charge in [-0.3, -0.25) is 0 Å². The molecule has 0 atom stereocenters. The lowest BCUT2D eigenvalue weighted by molar-refractivity contribution is 0.480. The number of benzene rings is 2. The third kappa shape index (κ3) is 3.05. The predicted octanol–water partition coefficient (Wildman–Crippen LogP) is 3.68. The molecule has 0 radical (unpaired) electrons. The van der Waals surface area contributed by atoms with E-state index in [1.807, 2.05) is 12.1 Å². The molecule has 2 aromatic carbocycles. The lowest BCUT2D eigenvalue weighted by atomic mass is 10.1. The van der Waals surface area contributed by atoms with Gasteiger partial charge in [0.2, 0.25) is 0 Å². The van der Waals surface area contributed by atoms with E-state index in [0.29, 0.717) is 17.9 Å². The van der Waals surface area contributed by atoms with Crippen molar-refractivity contribution in [1.82, 2.24) is 0 Å². The second-order valence-corrected chi connectivity index (χ2v) is 3.54. The fraction of sp³-hybridized carbons (Fsp3) is 0.0714. The van der Waals surface area contributed by atoms with Gasteiger partial charge in [-0.05, 0) is 42.0 Å². The minimum atomic E-state index is -0.296. The fourth-order valence-corrected chi connectivity index (χ4v) is 1.45. The van der Waals surface area contributed by atoms with Gasteiger partial charge in [-0.15, -0.1) is 0 Å². The van der Waals surface area contributed by atoms with Crippen LogP contribution in [-0.2, 0) is 6.42 Å². The van der Waals surface area contributed by atoms with Crippen molar-refractivity contribution in [1.29, 1.82) is 5.26 Å². The Hall–Kier alpha value is -2.34. The van der Waals surface area contributed by atoms with Crippen LogP contribution in [0, 0.1) is 17.1 Å². The van der Waals surface area contributed by atoms with Gasteiger partial charge in [-0.1, -0.05) is 12.1 Å². The first kappa shape index (κ1) is 11.2. The maximum absolute atomic E-state index is 12.7. The largest absolute Gasteiger partial charge is 0.457 e. The Morgan fingerprint density at radius 1 is 1.06 bits per heavy atom. The molecule has 0 aromatic heterocycles. The summed E-state index contributed by atoms with van der Waals surface area (Å²) in [5.41, 5.74) is 0.895. The molecule has 0 aliphatic carbocycles. The Kier molecular flexibility index (Phi) is 3.37. The van der Waals surface area contributed by atoms with Crippen LogP contribution in [0.5, 0.6) is 11.5 Å². The molecular weight excluding hydrogens is 217 g/mol. The molecule has 0 amide bonds. The van der Waals surface area contributed by atoms with Crippen molar-refractivity contribution < 1.29 is 9.13 Å². The van der Waals surface area contributed by atoms with Crippen LogP contribution in [0.4, 0.5) is 4.39 Å². The van der Waals surface area contributed by atoms with Crippen molar-refractivity contribution in [2.45, 2.75) is 6.42 Å². The second-order valence-electron chi connectivity index (χ2n) is 3.54. The number of nitriles is 1. The molecule has 2 nitrogen and oxygen atoms in total. The average molecular weight is 227 g/mol. The fourth-order valence-electron chi connectivity index (χ4n) is 1.45. The third-order valence-electron chi connectivity index (χ3n) is 2.23. The maximum Gasteiger partial charge on any atom is 0.127 e. The van der Waals surface area contributed by atoms with E-state index in [2.05, 4.69) is 6.07 Å². The van der Waals surface area contributed by atoms with E-state index >= 15 is 0 Å². The molecule has 0 saturated carbocycles. The van der Waals surface area contributed by atoms with Gasteiger partial charge in [0.05, 0.1) is 12.5 Å². The van der Waals surface area contributed by atoms with Crippen LogP contribution in [0.2, 0.25) is 0 Å². The van der Waals surface area contributed by atoms with Crippen LogP contribution in [0.1, 0.15) is 5.56 Å². The Morgan fingerprint density at radius 3 is 2.53 bits per heavy atom. The van der Waals surface area contributed by atoms with Crippen molar-refractivity contribution >= 4 is 0 Å². The summed E-state index contributed by atoms with van der Waals surface area (Å²) in [6, 6.07) is 15.2. The zero-order valence-corrected chi connectivity index (χ0v) is 9.06. The highest BCUT2D eigenvalue weighted by Crippen LogP contribution is 2.22. The molecule has 0 spiro atoms. The predicted molar refractivity (Wildman–Crippen MR) is 62.2 cm³/mol. The van der Waals surface area contributed by atoms with Gasteiger partial charge in [0.25, 0.3) is 0 Å². The van der Waals surface area contributed by atoms with Crippen molar-refractivity contribution in [3.63, 3.8) is 0 Å². The lowest BCUT2D eigenvalue weighted by Gasteiger charge is -2.06. The molecule has 0 heterocycles. The highest BCUT2D eigenvalue weighted by molar-refractivity contribution is 5.34. The van der Waals surface area contributed by atoms with Crippen LogP contribution >= 0.6 is 0 Å². The summed E-state index contributed by atoms with van der Waals surface area (Å²) in [6.45, 7) is 0. The van der Waals surface area contributed by atoms with Gasteiger partial charge in [-0.25, -0.2) is 4.39 Å².